The summed E-state index contributed by atoms with van der Waals surface area (Å²) in [5.41, 5.74) is 2.00. The number of nitrogens with one attached hydrogen (secondary N) is 1. The van der Waals surface area contributed by atoms with Crippen LogP contribution in [-0.4, -0.2) is 11.1 Å². The van der Waals surface area contributed by atoms with Crippen molar-refractivity contribution < 1.29 is 4.74 Å². The lowest BCUT2D eigenvalue weighted by Gasteiger charge is -2.14. The van der Waals surface area contributed by atoms with Crippen LogP contribution in [0, 0.1) is 0 Å². The molecule has 0 saturated carbocycles. The first-order valence-corrected chi connectivity index (χ1v) is 6.69. The van der Waals surface area contributed by atoms with Gasteiger partial charge in [-0.25, -0.2) is 0 Å². The molecule has 1 N–H and O–H groups in total. The molecule has 0 fully saturated rings. The topological polar surface area (TPSA) is 42.1 Å². The van der Waals surface area contributed by atoms with E-state index in [-0.39, 0.29) is 17.5 Å². The molecule has 4 heteroatoms. The van der Waals surface area contributed by atoms with Crippen molar-refractivity contribution in [1.29, 1.82) is 0 Å². The van der Waals surface area contributed by atoms with Crippen LogP contribution in [0.2, 0.25) is 0 Å². The van der Waals surface area contributed by atoms with Crippen LogP contribution in [0.4, 0.5) is 0 Å². The second-order valence-electron chi connectivity index (χ2n) is 4.52. The van der Waals surface area contributed by atoms with E-state index in [0.29, 0.717) is 5.56 Å². The van der Waals surface area contributed by atoms with Crippen molar-refractivity contribution in [2.45, 2.75) is 25.8 Å². The lowest BCUT2D eigenvalue weighted by molar-refractivity contribution is 0.243. The van der Waals surface area contributed by atoms with Crippen LogP contribution in [-0.2, 0) is 5.88 Å². The van der Waals surface area contributed by atoms with Gasteiger partial charge in [0, 0.05) is 11.1 Å². The number of hydrogen-bond acceptors (Lipinski definition) is 2. The van der Waals surface area contributed by atoms with Crippen LogP contribution in [0.1, 0.15) is 19.4 Å². The number of ether oxygens (including phenoxy) is 1. The van der Waals surface area contributed by atoms with Crippen LogP contribution in [0.15, 0.2) is 41.2 Å². The zero-order chi connectivity index (χ0) is 13.8. The van der Waals surface area contributed by atoms with E-state index in [1.54, 1.807) is 6.07 Å². The van der Waals surface area contributed by atoms with Gasteiger partial charge in [0.1, 0.15) is 5.75 Å². The summed E-state index contributed by atoms with van der Waals surface area (Å²) in [5, 5.41) is 0. The summed E-state index contributed by atoms with van der Waals surface area (Å²) in [6.07, 6.45) is 0.0787. The van der Waals surface area contributed by atoms with Gasteiger partial charge in [-0.2, -0.15) is 0 Å². The number of halogens is 1. The van der Waals surface area contributed by atoms with E-state index >= 15 is 0 Å². The summed E-state index contributed by atoms with van der Waals surface area (Å²) in [5.74, 6) is 0.964. The molecule has 3 nitrogen and oxygen atoms in total. The second kappa shape index (κ2) is 5.93. The Morgan fingerprint density at radius 2 is 1.95 bits per heavy atom. The minimum Gasteiger partial charge on any atom is -0.490 e. The molecule has 1 aromatic carbocycles. The first-order chi connectivity index (χ1) is 9.11. The molecule has 0 aliphatic heterocycles. The van der Waals surface area contributed by atoms with Gasteiger partial charge in [0.2, 0.25) is 0 Å². The molecule has 100 valence electrons. The SMILES string of the molecule is CC(C)Oc1ccccc1-c1ccc(CCl)c(=O)[nH]1. The number of H-pyrrole nitrogens is 1. The monoisotopic (exact) mass is 277 g/mol. The highest BCUT2D eigenvalue weighted by Crippen LogP contribution is 2.28. The Morgan fingerprint density at radius 1 is 1.21 bits per heavy atom. The van der Waals surface area contributed by atoms with E-state index in [4.69, 9.17) is 16.3 Å². The lowest BCUT2D eigenvalue weighted by Crippen LogP contribution is -2.12. The average molecular weight is 278 g/mol. The highest BCUT2D eigenvalue weighted by atomic mass is 35.5. The summed E-state index contributed by atoms with van der Waals surface area (Å²) in [6, 6.07) is 11.2. The number of aromatic amines is 1. The Hall–Kier alpha value is -1.74. The molecule has 0 aliphatic rings. The molecule has 1 aromatic heterocycles. The third-order valence-electron chi connectivity index (χ3n) is 2.67. The molecule has 2 aromatic rings. The van der Waals surface area contributed by atoms with E-state index in [2.05, 4.69) is 4.98 Å². The van der Waals surface area contributed by atoms with E-state index in [9.17, 15) is 4.79 Å². The predicted molar refractivity (Wildman–Crippen MR) is 77.8 cm³/mol. The zero-order valence-electron chi connectivity index (χ0n) is 10.9. The van der Waals surface area contributed by atoms with Crippen molar-refractivity contribution >= 4 is 11.6 Å². The normalized spacial score (nSPS) is 10.7. The fourth-order valence-electron chi connectivity index (χ4n) is 1.81. The molecular weight excluding hydrogens is 262 g/mol. The molecule has 19 heavy (non-hydrogen) atoms. The van der Waals surface area contributed by atoms with Crippen LogP contribution in [0.5, 0.6) is 5.75 Å². The molecule has 0 atom stereocenters. The summed E-state index contributed by atoms with van der Waals surface area (Å²) >= 11 is 5.69. The summed E-state index contributed by atoms with van der Waals surface area (Å²) < 4.78 is 5.75. The van der Waals surface area contributed by atoms with Gasteiger partial charge in [-0.3, -0.25) is 4.79 Å². The first kappa shape index (κ1) is 13.7. The van der Waals surface area contributed by atoms with Crippen LogP contribution < -0.4 is 10.3 Å². The maximum Gasteiger partial charge on any atom is 0.252 e. The quantitative estimate of drug-likeness (QED) is 0.868. The minimum atomic E-state index is -0.160. The number of pyridine rings is 1. The van der Waals surface area contributed by atoms with Gasteiger partial charge in [-0.15, -0.1) is 11.6 Å². The van der Waals surface area contributed by atoms with Crippen molar-refractivity contribution in [2.75, 3.05) is 0 Å². The number of hydrogen-bond donors (Lipinski definition) is 1. The van der Waals surface area contributed by atoms with Crippen molar-refractivity contribution in [1.82, 2.24) is 4.98 Å². The summed E-state index contributed by atoms with van der Waals surface area (Å²) in [7, 11) is 0. The maximum absolute atomic E-state index is 11.8. The van der Waals surface area contributed by atoms with Crippen molar-refractivity contribution in [3.05, 3.63) is 52.3 Å². The second-order valence-corrected chi connectivity index (χ2v) is 4.79. The molecule has 0 bridgehead atoms. The zero-order valence-corrected chi connectivity index (χ0v) is 11.7. The molecular formula is C15H16ClNO2. The highest BCUT2D eigenvalue weighted by molar-refractivity contribution is 6.17. The Kier molecular flexibility index (Phi) is 4.27. The van der Waals surface area contributed by atoms with Gasteiger partial charge in [0.05, 0.1) is 17.7 Å². The number of rotatable bonds is 4. The maximum atomic E-state index is 11.8. The largest absolute Gasteiger partial charge is 0.490 e. The highest BCUT2D eigenvalue weighted by Gasteiger charge is 2.09. The fourth-order valence-corrected chi connectivity index (χ4v) is 2.02. The van der Waals surface area contributed by atoms with Gasteiger partial charge in [-0.1, -0.05) is 18.2 Å². The van der Waals surface area contributed by atoms with E-state index in [0.717, 1.165) is 17.0 Å². The third-order valence-corrected chi connectivity index (χ3v) is 2.96. The van der Waals surface area contributed by atoms with Crippen LogP contribution in [0.25, 0.3) is 11.3 Å². The van der Waals surface area contributed by atoms with Gasteiger partial charge in [0.15, 0.2) is 0 Å². The number of aromatic nitrogens is 1. The summed E-state index contributed by atoms with van der Waals surface area (Å²) in [4.78, 5) is 14.6. The molecule has 0 amide bonds. The van der Waals surface area contributed by atoms with Crippen molar-refractivity contribution in [2.24, 2.45) is 0 Å². The van der Waals surface area contributed by atoms with Gasteiger partial charge >= 0.3 is 0 Å². The molecule has 2 rings (SSSR count). The number of benzene rings is 1. The smallest absolute Gasteiger partial charge is 0.252 e. The molecule has 1 heterocycles. The Morgan fingerprint density at radius 3 is 2.58 bits per heavy atom. The van der Waals surface area contributed by atoms with E-state index < -0.39 is 0 Å². The van der Waals surface area contributed by atoms with Crippen molar-refractivity contribution in [3.63, 3.8) is 0 Å². The van der Waals surface area contributed by atoms with Crippen molar-refractivity contribution in [3.8, 4) is 17.0 Å². The molecule has 0 aliphatic carbocycles. The van der Waals surface area contributed by atoms with Crippen LogP contribution in [0.3, 0.4) is 0 Å². The third kappa shape index (κ3) is 3.18. The Bertz CT molecular complexity index is 620. The van der Waals surface area contributed by atoms with Crippen LogP contribution >= 0.6 is 11.6 Å². The molecule has 0 saturated heterocycles. The number of alkyl halides is 1. The van der Waals surface area contributed by atoms with Gasteiger partial charge in [-0.05, 0) is 32.0 Å². The van der Waals surface area contributed by atoms with E-state index in [1.165, 1.54) is 0 Å². The lowest BCUT2D eigenvalue weighted by atomic mass is 10.1. The van der Waals surface area contributed by atoms with Gasteiger partial charge < -0.3 is 9.72 Å². The standard InChI is InChI=1S/C15H16ClNO2/c1-10(2)19-14-6-4-3-5-12(14)13-8-7-11(9-16)15(18)17-13/h3-8,10H,9H2,1-2H3,(H,17,18). The Labute approximate surface area is 117 Å². The molecule has 0 unspecified atom stereocenters. The average Bonchev–Trinajstić information content (AvgIpc) is 2.38. The Balaban J connectivity index is 2.47. The minimum absolute atomic E-state index is 0.0787. The fraction of sp³-hybridized carbons (Fsp3) is 0.267. The van der Waals surface area contributed by atoms with E-state index in [1.807, 2.05) is 44.2 Å². The molecule has 0 radical (unpaired) electrons. The summed E-state index contributed by atoms with van der Waals surface area (Å²) in [6.45, 7) is 3.94. The van der Waals surface area contributed by atoms with Gasteiger partial charge in [0.25, 0.3) is 5.56 Å². The molecule has 0 spiro atoms. The number of para-hydroxylation sites is 1. The predicted octanol–water partition coefficient (Wildman–Crippen LogP) is 3.57. The first-order valence-electron chi connectivity index (χ1n) is 6.16.